The number of aliphatic hydroxyl groups is 1. The van der Waals surface area contributed by atoms with Gasteiger partial charge in [-0.15, -0.1) is 0 Å². The van der Waals surface area contributed by atoms with E-state index < -0.39 is 6.10 Å². The molecule has 0 aliphatic carbocycles. The van der Waals surface area contributed by atoms with Crippen molar-refractivity contribution in [1.29, 1.82) is 5.26 Å². The van der Waals surface area contributed by atoms with Gasteiger partial charge < -0.3 is 9.84 Å². The van der Waals surface area contributed by atoms with E-state index in [-0.39, 0.29) is 12.4 Å². The topological polar surface area (TPSA) is 70.3 Å². The molecule has 0 aromatic carbocycles. The second kappa shape index (κ2) is 15.9. The van der Waals surface area contributed by atoms with E-state index in [9.17, 15) is 9.90 Å². The van der Waals surface area contributed by atoms with E-state index in [0.29, 0.717) is 13.0 Å². The number of carbonyl (C=O) groups is 1. The summed E-state index contributed by atoms with van der Waals surface area (Å²) in [5, 5.41) is 16.8. The third-order valence-corrected chi connectivity index (χ3v) is 2.35. The number of nitrogens with zero attached hydrogens (tertiary/aromatic N) is 1. The zero-order valence-electron chi connectivity index (χ0n) is 11.9. The molecule has 4 heteroatoms. The normalized spacial score (nSPS) is 10.8. The van der Waals surface area contributed by atoms with E-state index in [1.54, 1.807) is 13.0 Å². The summed E-state index contributed by atoms with van der Waals surface area (Å²) >= 11 is 0. The van der Waals surface area contributed by atoms with Gasteiger partial charge in [0.25, 0.3) is 0 Å². The fourth-order valence-electron chi connectivity index (χ4n) is 1.50. The smallest absolute Gasteiger partial charge is 0.308 e. The number of hydrogen-bond donors (Lipinski definition) is 1. The minimum absolute atomic E-state index is 0.140. The minimum atomic E-state index is -0.523. The number of hydrogen-bond acceptors (Lipinski definition) is 4. The third kappa shape index (κ3) is 17.3. The van der Waals surface area contributed by atoms with Gasteiger partial charge in [0.05, 0.1) is 25.2 Å². The zero-order valence-corrected chi connectivity index (χ0v) is 11.9. The maximum Gasteiger partial charge on any atom is 0.308 e. The van der Waals surface area contributed by atoms with E-state index >= 15 is 0 Å². The predicted molar refractivity (Wildman–Crippen MR) is 71.9 cm³/mol. The molecule has 0 aromatic heterocycles. The van der Waals surface area contributed by atoms with Gasteiger partial charge in [0.2, 0.25) is 0 Å². The minimum Gasteiger partial charge on any atom is -0.466 e. The Morgan fingerprint density at radius 3 is 2.33 bits per heavy atom. The lowest BCUT2D eigenvalue weighted by atomic mass is 10.1. The molecule has 0 aromatic rings. The number of aliphatic hydroxyl groups excluding tert-OH is 1. The average molecular weight is 257 g/mol. The van der Waals surface area contributed by atoms with E-state index in [1.165, 1.54) is 26.2 Å². The molecule has 0 amide bonds. The van der Waals surface area contributed by atoms with Crippen LogP contribution < -0.4 is 0 Å². The molecule has 0 bridgehead atoms. The van der Waals surface area contributed by atoms with Crippen molar-refractivity contribution in [1.82, 2.24) is 0 Å². The molecule has 0 spiro atoms. The summed E-state index contributed by atoms with van der Waals surface area (Å²) in [5.41, 5.74) is 0. The van der Waals surface area contributed by atoms with Crippen LogP contribution >= 0.6 is 0 Å². The van der Waals surface area contributed by atoms with E-state index in [1.807, 2.05) is 0 Å². The maximum absolute atomic E-state index is 11.0. The molecule has 1 N–H and O–H groups in total. The lowest BCUT2D eigenvalue weighted by molar-refractivity contribution is -0.145. The lowest BCUT2D eigenvalue weighted by Gasteiger charge is -2.09. The first-order valence-electron chi connectivity index (χ1n) is 6.76. The second-order valence-electron chi connectivity index (χ2n) is 4.09. The molecule has 1 unspecified atom stereocenters. The summed E-state index contributed by atoms with van der Waals surface area (Å²) < 4.78 is 4.76. The summed E-state index contributed by atoms with van der Waals surface area (Å²) in [6, 6.07) is 1.75. The van der Waals surface area contributed by atoms with E-state index in [0.717, 1.165) is 12.8 Å². The van der Waals surface area contributed by atoms with Crippen LogP contribution in [0.1, 0.15) is 65.7 Å². The molecule has 4 nitrogen and oxygen atoms in total. The van der Waals surface area contributed by atoms with Gasteiger partial charge in [-0.05, 0) is 13.3 Å². The van der Waals surface area contributed by atoms with Gasteiger partial charge in [0.15, 0.2) is 0 Å². The average Bonchev–Trinajstić information content (AvgIpc) is 2.30. The third-order valence-electron chi connectivity index (χ3n) is 2.35. The van der Waals surface area contributed by atoms with Gasteiger partial charge >= 0.3 is 5.97 Å². The van der Waals surface area contributed by atoms with Gasteiger partial charge in [-0.1, -0.05) is 39.0 Å². The molecule has 18 heavy (non-hydrogen) atoms. The highest BCUT2D eigenvalue weighted by Gasteiger charge is 2.10. The van der Waals surface area contributed by atoms with Crippen molar-refractivity contribution < 1.29 is 14.6 Å². The van der Waals surface area contributed by atoms with Gasteiger partial charge in [-0.3, -0.25) is 4.79 Å². The van der Waals surface area contributed by atoms with Gasteiger partial charge in [0.1, 0.15) is 0 Å². The fourth-order valence-corrected chi connectivity index (χ4v) is 1.50. The maximum atomic E-state index is 11.0. The number of esters is 1. The zero-order chi connectivity index (χ0) is 14.2. The first-order chi connectivity index (χ1) is 8.62. The standard InChI is InChI=1S/C12H24O3.C2H3N/c1-3-5-6-7-8-9-11(13)10-12(14)15-4-2;1-2-3/h11,13H,3-10H2,1-2H3;1H3. The van der Waals surface area contributed by atoms with E-state index in [4.69, 9.17) is 10.00 Å². The van der Waals surface area contributed by atoms with E-state index in [2.05, 4.69) is 6.92 Å². The number of ether oxygens (including phenoxy) is 1. The molecular weight excluding hydrogens is 230 g/mol. The Kier molecular flexibility index (Phi) is 17.0. The Morgan fingerprint density at radius 1 is 1.28 bits per heavy atom. The number of unbranched alkanes of at least 4 members (excludes halogenated alkanes) is 4. The predicted octanol–water partition coefficient (Wildman–Crippen LogP) is 3.19. The van der Waals surface area contributed by atoms with Crippen LogP contribution in [0.3, 0.4) is 0 Å². The van der Waals surface area contributed by atoms with Crippen molar-refractivity contribution >= 4 is 5.97 Å². The van der Waals surface area contributed by atoms with Crippen LogP contribution in [0.4, 0.5) is 0 Å². The lowest BCUT2D eigenvalue weighted by Crippen LogP contribution is -2.15. The highest BCUT2D eigenvalue weighted by Crippen LogP contribution is 2.09. The highest BCUT2D eigenvalue weighted by atomic mass is 16.5. The van der Waals surface area contributed by atoms with Crippen LogP contribution in [0.5, 0.6) is 0 Å². The molecule has 0 fully saturated rings. The molecule has 0 aliphatic rings. The molecule has 0 aliphatic heterocycles. The first-order valence-corrected chi connectivity index (χ1v) is 6.76. The van der Waals surface area contributed by atoms with Crippen LogP contribution in [0, 0.1) is 11.3 Å². The summed E-state index contributed by atoms with van der Waals surface area (Å²) in [5.74, 6) is -0.293. The summed E-state index contributed by atoms with van der Waals surface area (Å²) in [6.07, 6.45) is 6.19. The van der Waals surface area contributed by atoms with Crippen LogP contribution in [-0.4, -0.2) is 23.8 Å². The quantitative estimate of drug-likeness (QED) is 0.508. The fraction of sp³-hybridized carbons (Fsp3) is 0.857. The first kappa shape index (κ1) is 19.3. The van der Waals surface area contributed by atoms with Crippen molar-refractivity contribution in [3.63, 3.8) is 0 Å². The van der Waals surface area contributed by atoms with Gasteiger partial charge in [-0.25, -0.2) is 0 Å². The highest BCUT2D eigenvalue weighted by molar-refractivity contribution is 5.69. The summed E-state index contributed by atoms with van der Waals surface area (Å²) in [7, 11) is 0. The van der Waals surface area contributed by atoms with Crippen LogP contribution in [0.15, 0.2) is 0 Å². The van der Waals surface area contributed by atoms with Crippen molar-refractivity contribution in [2.75, 3.05) is 6.61 Å². The van der Waals surface area contributed by atoms with Crippen LogP contribution in [-0.2, 0) is 9.53 Å². The number of nitriles is 1. The Balaban J connectivity index is 0. The van der Waals surface area contributed by atoms with Crippen molar-refractivity contribution in [3.05, 3.63) is 0 Å². The molecule has 0 radical (unpaired) electrons. The Labute approximate surface area is 111 Å². The van der Waals surface area contributed by atoms with Crippen molar-refractivity contribution in [2.45, 2.75) is 71.8 Å². The molecule has 0 saturated carbocycles. The molecule has 1 atom stereocenters. The SMILES string of the molecule is CC#N.CCCCCCCC(O)CC(=O)OCC. The molecule has 0 heterocycles. The van der Waals surface area contributed by atoms with Crippen molar-refractivity contribution in [2.24, 2.45) is 0 Å². The Hall–Kier alpha value is -1.08. The van der Waals surface area contributed by atoms with Gasteiger partial charge in [-0.2, -0.15) is 5.26 Å². The summed E-state index contributed by atoms with van der Waals surface area (Å²) in [6.45, 7) is 5.77. The molecule has 0 rings (SSSR count). The van der Waals surface area contributed by atoms with Crippen LogP contribution in [0.2, 0.25) is 0 Å². The number of rotatable bonds is 9. The Bertz CT molecular complexity index is 224. The van der Waals surface area contributed by atoms with Crippen LogP contribution in [0.25, 0.3) is 0 Å². The number of carbonyl (C=O) groups excluding carboxylic acids is 1. The molecule has 0 saturated heterocycles. The Morgan fingerprint density at radius 2 is 1.83 bits per heavy atom. The van der Waals surface area contributed by atoms with Crippen molar-refractivity contribution in [3.8, 4) is 6.07 Å². The molecular formula is C14H27NO3. The largest absolute Gasteiger partial charge is 0.466 e. The monoisotopic (exact) mass is 257 g/mol. The molecule has 106 valence electrons. The van der Waals surface area contributed by atoms with Gasteiger partial charge in [0, 0.05) is 6.92 Å². The summed E-state index contributed by atoms with van der Waals surface area (Å²) in [4.78, 5) is 11.0. The second-order valence-corrected chi connectivity index (χ2v) is 4.09.